The zero-order valence-corrected chi connectivity index (χ0v) is 15.2. The highest BCUT2D eigenvalue weighted by atomic mass is 28.3. The summed E-state index contributed by atoms with van der Waals surface area (Å²) in [6.07, 6.45) is 0.146. The second kappa shape index (κ2) is 7.99. The van der Waals surface area contributed by atoms with Crippen molar-refractivity contribution in [3.05, 3.63) is 0 Å². The van der Waals surface area contributed by atoms with E-state index in [1.807, 2.05) is 0 Å². The summed E-state index contributed by atoms with van der Waals surface area (Å²) >= 11 is 0. The summed E-state index contributed by atoms with van der Waals surface area (Å²) in [5, 5.41) is 2.53. The van der Waals surface area contributed by atoms with Crippen LogP contribution in [0.25, 0.3) is 0 Å². The molecule has 0 aliphatic heterocycles. The van der Waals surface area contributed by atoms with Crippen LogP contribution in [0.15, 0.2) is 0 Å². The standard InChI is InChI=1S/C15H26N2O4Si/c1-11(18)21-10-13(19)17-12(14(16)20)8-7-9-22(5,6)15(2,3)4/h12H,8,10H2,1-6H3,(H2,16,20)(H,17,19)/t12-/m0/s1. The van der Waals surface area contributed by atoms with E-state index in [-0.39, 0.29) is 11.5 Å². The van der Waals surface area contributed by atoms with Crippen LogP contribution in [-0.2, 0) is 19.1 Å². The van der Waals surface area contributed by atoms with Crippen molar-refractivity contribution in [3.63, 3.8) is 0 Å². The fourth-order valence-corrected chi connectivity index (χ4v) is 2.11. The van der Waals surface area contributed by atoms with Gasteiger partial charge in [-0.05, 0) is 5.04 Å². The molecule has 0 heterocycles. The molecule has 22 heavy (non-hydrogen) atoms. The van der Waals surface area contributed by atoms with Gasteiger partial charge in [-0.2, -0.15) is 0 Å². The van der Waals surface area contributed by atoms with E-state index in [0.717, 1.165) is 0 Å². The highest BCUT2D eigenvalue weighted by Gasteiger charge is 2.33. The maximum atomic E-state index is 11.5. The number of amides is 2. The van der Waals surface area contributed by atoms with E-state index in [0.29, 0.717) is 0 Å². The van der Waals surface area contributed by atoms with Gasteiger partial charge in [0.15, 0.2) is 6.61 Å². The lowest BCUT2D eigenvalue weighted by Crippen LogP contribution is -2.45. The molecule has 0 saturated heterocycles. The summed E-state index contributed by atoms with van der Waals surface area (Å²) in [5.74, 6) is 1.16. The van der Waals surface area contributed by atoms with Gasteiger partial charge in [0.05, 0.1) is 0 Å². The van der Waals surface area contributed by atoms with Crippen LogP contribution in [0.2, 0.25) is 18.1 Å². The quantitative estimate of drug-likeness (QED) is 0.446. The minimum absolute atomic E-state index is 0.112. The Morgan fingerprint density at radius 2 is 1.82 bits per heavy atom. The molecule has 3 N–H and O–H groups in total. The minimum atomic E-state index is -1.77. The third-order valence-corrected chi connectivity index (χ3v) is 8.22. The number of carbonyl (C=O) groups is 3. The van der Waals surface area contributed by atoms with Gasteiger partial charge in [0, 0.05) is 13.3 Å². The van der Waals surface area contributed by atoms with Crippen molar-refractivity contribution >= 4 is 25.9 Å². The Labute approximate surface area is 133 Å². The Bertz CT molecular complexity index is 498. The fraction of sp³-hybridized carbons (Fsp3) is 0.667. The van der Waals surface area contributed by atoms with Gasteiger partial charge >= 0.3 is 5.97 Å². The smallest absolute Gasteiger partial charge is 0.303 e. The van der Waals surface area contributed by atoms with Crippen molar-refractivity contribution in [2.24, 2.45) is 5.73 Å². The lowest BCUT2D eigenvalue weighted by molar-refractivity contribution is -0.146. The van der Waals surface area contributed by atoms with Gasteiger partial charge in [-0.25, -0.2) is 0 Å². The van der Waals surface area contributed by atoms with Crippen molar-refractivity contribution in [1.82, 2.24) is 5.32 Å². The maximum Gasteiger partial charge on any atom is 0.303 e. The SMILES string of the molecule is CC(=O)OCC(=O)N[C@@H](CC#C[Si](C)(C)C(C)(C)C)C(N)=O. The molecule has 2 amide bonds. The Hall–Kier alpha value is -1.81. The second-order valence-electron chi connectivity index (χ2n) is 6.68. The first-order valence-corrected chi connectivity index (χ1v) is 10.1. The number of rotatable bonds is 5. The predicted octanol–water partition coefficient (Wildman–Crippen LogP) is 0.961. The van der Waals surface area contributed by atoms with E-state index in [1.165, 1.54) is 6.92 Å². The number of nitrogens with two attached hydrogens (primary N) is 1. The third kappa shape index (κ3) is 7.27. The maximum absolute atomic E-state index is 11.5. The third-order valence-electron chi connectivity index (χ3n) is 3.67. The first-order valence-electron chi connectivity index (χ1n) is 7.09. The molecule has 0 aliphatic carbocycles. The van der Waals surface area contributed by atoms with Gasteiger partial charge in [-0.3, -0.25) is 14.4 Å². The van der Waals surface area contributed by atoms with Crippen LogP contribution in [0.1, 0.15) is 34.1 Å². The van der Waals surface area contributed by atoms with Gasteiger partial charge in [-0.15, -0.1) is 11.5 Å². The van der Waals surface area contributed by atoms with Gasteiger partial charge < -0.3 is 15.8 Å². The van der Waals surface area contributed by atoms with Crippen LogP contribution in [0.4, 0.5) is 0 Å². The first kappa shape index (κ1) is 20.2. The summed E-state index contributed by atoms with van der Waals surface area (Å²) in [4.78, 5) is 33.5. The van der Waals surface area contributed by atoms with E-state index in [4.69, 9.17) is 5.73 Å². The van der Waals surface area contributed by atoms with Crippen LogP contribution >= 0.6 is 0 Å². The number of ether oxygens (including phenoxy) is 1. The summed E-state index contributed by atoms with van der Waals surface area (Å²) < 4.78 is 4.56. The van der Waals surface area contributed by atoms with Gasteiger partial charge in [-0.1, -0.05) is 33.9 Å². The molecule has 124 valence electrons. The number of hydrogen-bond acceptors (Lipinski definition) is 4. The molecule has 0 bridgehead atoms. The van der Waals surface area contributed by atoms with E-state index < -0.39 is 38.5 Å². The lowest BCUT2D eigenvalue weighted by Gasteiger charge is -2.31. The van der Waals surface area contributed by atoms with Crippen LogP contribution < -0.4 is 11.1 Å². The first-order chi connectivity index (χ1) is 9.86. The molecule has 0 aromatic rings. The van der Waals surface area contributed by atoms with Crippen molar-refractivity contribution in [1.29, 1.82) is 0 Å². The molecule has 0 radical (unpaired) electrons. The van der Waals surface area contributed by atoms with Gasteiger partial charge in [0.2, 0.25) is 5.91 Å². The van der Waals surface area contributed by atoms with Crippen molar-refractivity contribution < 1.29 is 19.1 Å². The topological polar surface area (TPSA) is 98.5 Å². The monoisotopic (exact) mass is 326 g/mol. The van der Waals surface area contributed by atoms with Crippen molar-refractivity contribution in [2.45, 2.75) is 58.3 Å². The predicted molar refractivity (Wildman–Crippen MR) is 87.3 cm³/mol. The van der Waals surface area contributed by atoms with Crippen molar-refractivity contribution in [3.8, 4) is 11.5 Å². The number of carbonyl (C=O) groups excluding carboxylic acids is 3. The van der Waals surface area contributed by atoms with E-state index in [9.17, 15) is 14.4 Å². The molecule has 6 nitrogen and oxygen atoms in total. The summed E-state index contributed by atoms with van der Waals surface area (Å²) in [6.45, 7) is 11.5. The van der Waals surface area contributed by atoms with E-state index >= 15 is 0 Å². The van der Waals surface area contributed by atoms with Gasteiger partial charge in [0.25, 0.3) is 5.91 Å². The highest BCUT2D eigenvalue weighted by Crippen LogP contribution is 2.35. The molecule has 0 fully saturated rings. The molecule has 0 spiro atoms. The Balaban J connectivity index is 4.73. The average molecular weight is 326 g/mol. The Morgan fingerprint density at radius 1 is 1.27 bits per heavy atom. The van der Waals surface area contributed by atoms with Crippen LogP contribution in [0.5, 0.6) is 0 Å². The Kier molecular flexibility index (Phi) is 7.33. The zero-order valence-electron chi connectivity index (χ0n) is 14.2. The largest absolute Gasteiger partial charge is 0.456 e. The number of hydrogen-bond donors (Lipinski definition) is 2. The van der Waals surface area contributed by atoms with E-state index in [2.05, 4.69) is 55.4 Å². The molecule has 0 aromatic carbocycles. The highest BCUT2D eigenvalue weighted by molar-refractivity contribution is 6.87. The van der Waals surface area contributed by atoms with Crippen LogP contribution in [0.3, 0.4) is 0 Å². The molecular weight excluding hydrogens is 300 g/mol. The van der Waals surface area contributed by atoms with Crippen LogP contribution in [0, 0.1) is 11.5 Å². The molecular formula is C15H26N2O4Si. The summed E-state index contributed by atoms with van der Waals surface area (Å²) in [7, 11) is -1.77. The molecule has 0 aromatic heterocycles. The number of primary amides is 1. The van der Waals surface area contributed by atoms with Crippen LogP contribution in [-0.4, -0.2) is 38.5 Å². The number of esters is 1. The lowest BCUT2D eigenvalue weighted by atomic mass is 10.2. The molecule has 7 heteroatoms. The number of nitrogens with one attached hydrogen (secondary N) is 1. The molecule has 0 saturated carbocycles. The Morgan fingerprint density at radius 3 is 2.23 bits per heavy atom. The van der Waals surface area contributed by atoms with Crippen molar-refractivity contribution in [2.75, 3.05) is 6.61 Å². The molecule has 0 aliphatic rings. The normalized spacial score (nSPS) is 12.6. The van der Waals surface area contributed by atoms with Gasteiger partial charge in [0.1, 0.15) is 14.1 Å². The molecule has 0 rings (SSSR count). The minimum Gasteiger partial charge on any atom is -0.456 e. The summed E-state index contributed by atoms with van der Waals surface area (Å²) in [6, 6.07) is -0.889. The second-order valence-corrected chi connectivity index (χ2v) is 11.7. The molecule has 1 atom stereocenters. The van der Waals surface area contributed by atoms with E-state index in [1.54, 1.807) is 0 Å². The molecule has 0 unspecified atom stereocenters. The fourth-order valence-electron chi connectivity index (χ4n) is 1.19. The zero-order chi connectivity index (χ0) is 17.6. The average Bonchev–Trinajstić information content (AvgIpc) is 2.33. The summed E-state index contributed by atoms with van der Waals surface area (Å²) in [5.41, 5.74) is 8.51.